The number of carbonyl (C=O) groups excluding carboxylic acids is 1. The third kappa shape index (κ3) is 3.45. The summed E-state index contributed by atoms with van der Waals surface area (Å²) in [5.74, 6) is 0. The van der Waals surface area contributed by atoms with Gasteiger partial charge in [0.2, 0.25) is 0 Å². The zero-order valence-corrected chi connectivity index (χ0v) is 15.7. The van der Waals surface area contributed by atoms with Crippen LogP contribution in [0.5, 0.6) is 0 Å². The normalized spacial score (nSPS) is 15.4. The molecule has 2 amide bonds. The van der Waals surface area contributed by atoms with Gasteiger partial charge in [-0.15, -0.1) is 0 Å². The molecule has 4 rings (SSSR count). The molecule has 1 aliphatic rings. The summed E-state index contributed by atoms with van der Waals surface area (Å²) in [5.41, 5.74) is 6.63. The van der Waals surface area contributed by atoms with Gasteiger partial charge in [-0.05, 0) is 49.9 Å². The minimum Gasteiger partial charge on any atom is -0.334 e. The molecule has 1 atom stereocenters. The maximum Gasteiger partial charge on any atom is 0.315 e. The van der Waals surface area contributed by atoms with Gasteiger partial charge in [0.15, 0.2) is 0 Å². The van der Waals surface area contributed by atoms with E-state index >= 15 is 0 Å². The minimum atomic E-state index is -0.136. The van der Waals surface area contributed by atoms with Gasteiger partial charge >= 0.3 is 6.03 Å². The first-order chi connectivity index (χ1) is 13.1. The highest BCUT2D eigenvalue weighted by Crippen LogP contribution is 2.30. The summed E-state index contributed by atoms with van der Waals surface area (Å²) in [6.07, 6.45) is 1.97. The Hall–Kier alpha value is -3.08. The van der Waals surface area contributed by atoms with Crippen molar-refractivity contribution in [3.63, 3.8) is 0 Å². The number of carbonyl (C=O) groups is 1. The predicted octanol–water partition coefficient (Wildman–Crippen LogP) is 3.98. The summed E-state index contributed by atoms with van der Waals surface area (Å²) >= 11 is 0. The number of benzene rings is 2. The number of fused-ring (bicyclic) bond motifs is 1. The fourth-order valence-corrected chi connectivity index (χ4v) is 3.84. The van der Waals surface area contributed by atoms with Crippen molar-refractivity contribution in [2.45, 2.75) is 39.3 Å². The van der Waals surface area contributed by atoms with Crippen molar-refractivity contribution in [2.24, 2.45) is 0 Å². The van der Waals surface area contributed by atoms with Gasteiger partial charge < -0.3 is 10.6 Å². The molecule has 1 aliphatic carbocycles. The monoisotopic (exact) mass is 360 g/mol. The first-order valence-corrected chi connectivity index (χ1v) is 9.36. The number of hydrogen-bond acceptors (Lipinski definition) is 2. The molecule has 5 heteroatoms. The molecular weight excluding hydrogens is 336 g/mol. The number of aryl methyl sites for hydroxylation is 2. The summed E-state index contributed by atoms with van der Waals surface area (Å²) in [6.45, 7) is 4.48. The van der Waals surface area contributed by atoms with E-state index in [1.165, 1.54) is 11.1 Å². The van der Waals surface area contributed by atoms with Crippen molar-refractivity contribution < 1.29 is 4.79 Å². The second-order valence-electron chi connectivity index (χ2n) is 7.01. The molecule has 2 aromatic carbocycles. The van der Waals surface area contributed by atoms with E-state index in [4.69, 9.17) is 0 Å². The van der Waals surface area contributed by atoms with E-state index in [1.54, 1.807) is 0 Å². The summed E-state index contributed by atoms with van der Waals surface area (Å²) in [7, 11) is 0. The van der Waals surface area contributed by atoms with Crippen LogP contribution in [-0.2, 0) is 13.0 Å². The SMILES string of the molecule is Cc1nn(-c2ccccc2)c(C)c1CNC(=O)NC1CCc2ccccc21. The van der Waals surface area contributed by atoms with Gasteiger partial charge in [0.05, 0.1) is 17.4 Å². The number of nitrogens with zero attached hydrogens (tertiary/aromatic N) is 2. The summed E-state index contributed by atoms with van der Waals surface area (Å²) in [5, 5.41) is 10.7. The number of aromatic nitrogens is 2. The van der Waals surface area contributed by atoms with Gasteiger partial charge in [0.1, 0.15) is 0 Å². The van der Waals surface area contributed by atoms with E-state index in [9.17, 15) is 4.79 Å². The van der Waals surface area contributed by atoms with Crippen molar-refractivity contribution >= 4 is 6.03 Å². The van der Waals surface area contributed by atoms with Crippen LogP contribution < -0.4 is 10.6 Å². The zero-order chi connectivity index (χ0) is 18.8. The van der Waals surface area contributed by atoms with Crippen LogP contribution in [0.15, 0.2) is 54.6 Å². The number of urea groups is 1. The van der Waals surface area contributed by atoms with Crippen molar-refractivity contribution in [2.75, 3.05) is 0 Å². The molecule has 0 fully saturated rings. The Morgan fingerprint density at radius 2 is 1.85 bits per heavy atom. The van der Waals surface area contributed by atoms with Crippen molar-refractivity contribution in [3.05, 3.63) is 82.7 Å². The Kier molecular flexibility index (Phi) is 4.67. The standard InChI is InChI=1S/C22H24N4O/c1-15-20(16(2)26(25-15)18-9-4-3-5-10-18)14-23-22(27)24-21-13-12-17-8-6-7-11-19(17)21/h3-11,21H,12-14H2,1-2H3,(H2,23,24,27). The number of para-hydroxylation sites is 1. The third-order valence-corrected chi connectivity index (χ3v) is 5.31. The van der Waals surface area contributed by atoms with E-state index in [-0.39, 0.29) is 12.1 Å². The highest BCUT2D eigenvalue weighted by molar-refractivity contribution is 5.74. The van der Waals surface area contributed by atoms with Crippen LogP contribution in [0.4, 0.5) is 4.79 Å². The van der Waals surface area contributed by atoms with Crippen LogP contribution in [0.1, 0.15) is 40.5 Å². The van der Waals surface area contributed by atoms with Crippen molar-refractivity contribution in [3.8, 4) is 5.69 Å². The quantitative estimate of drug-likeness (QED) is 0.739. The minimum absolute atomic E-state index is 0.0930. The highest BCUT2D eigenvalue weighted by Gasteiger charge is 2.23. The lowest BCUT2D eigenvalue weighted by molar-refractivity contribution is 0.236. The van der Waals surface area contributed by atoms with E-state index in [1.807, 2.05) is 54.9 Å². The fourth-order valence-electron chi connectivity index (χ4n) is 3.84. The molecule has 5 nitrogen and oxygen atoms in total. The van der Waals surface area contributed by atoms with Crippen molar-refractivity contribution in [1.29, 1.82) is 0 Å². The molecule has 1 unspecified atom stereocenters. The first-order valence-electron chi connectivity index (χ1n) is 9.36. The van der Waals surface area contributed by atoms with E-state index in [2.05, 4.69) is 33.9 Å². The predicted molar refractivity (Wildman–Crippen MR) is 106 cm³/mol. The van der Waals surface area contributed by atoms with E-state index < -0.39 is 0 Å². The molecule has 138 valence electrons. The largest absolute Gasteiger partial charge is 0.334 e. The molecule has 0 saturated heterocycles. The molecule has 0 aliphatic heterocycles. The Bertz CT molecular complexity index is 962. The maximum absolute atomic E-state index is 12.4. The molecule has 0 bridgehead atoms. The van der Waals surface area contributed by atoms with Crippen LogP contribution in [-0.4, -0.2) is 15.8 Å². The van der Waals surface area contributed by atoms with Gasteiger partial charge in [0.25, 0.3) is 0 Å². The smallest absolute Gasteiger partial charge is 0.315 e. The van der Waals surface area contributed by atoms with Gasteiger partial charge in [-0.2, -0.15) is 5.10 Å². The Morgan fingerprint density at radius 1 is 1.11 bits per heavy atom. The maximum atomic E-state index is 12.4. The zero-order valence-electron chi connectivity index (χ0n) is 15.7. The molecule has 0 spiro atoms. The van der Waals surface area contributed by atoms with Crippen LogP contribution in [0.2, 0.25) is 0 Å². The number of hydrogen-bond donors (Lipinski definition) is 2. The lowest BCUT2D eigenvalue weighted by atomic mass is 10.1. The lowest BCUT2D eigenvalue weighted by Crippen LogP contribution is -2.37. The molecule has 27 heavy (non-hydrogen) atoms. The molecule has 1 aromatic heterocycles. The Morgan fingerprint density at radius 3 is 2.67 bits per heavy atom. The highest BCUT2D eigenvalue weighted by atomic mass is 16.2. The fraction of sp³-hybridized carbons (Fsp3) is 0.273. The second kappa shape index (κ2) is 7.27. The number of amides is 2. The van der Waals surface area contributed by atoms with E-state index in [0.717, 1.165) is 35.5 Å². The van der Waals surface area contributed by atoms with Gasteiger partial charge in [-0.1, -0.05) is 42.5 Å². The molecular formula is C22H24N4O. The summed E-state index contributed by atoms with van der Waals surface area (Å²) in [6, 6.07) is 18.3. The average molecular weight is 360 g/mol. The van der Waals surface area contributed by atoms with Crippen LogP contribution in [0, 0.1) is 13.8 Å². The molecule has 0 radical (unpaired) electrons. The first kappa shape index (κ1) is 17.3. The summed E-state index contributed by atoms with van der Waals surface area (Å²) < 4.78 is 1.93. The number of nitrogens with one attached hydrogen (secondary N) is 2. The second-order valence-corrected chi connectivity index (χ2v) is 7.01. The number of rotatable bonds is 4. The summed E-state index contributed by atoms with van der Waals surface area (Å²) in [4.78, 5) is 12.4. The third-order valence-electron chi connectivity index (χ3n) is 5.31. The van der Waals surface area contributed by atoms with Gasteiger partial charge in [0, 0.05) is 17.8 Å². The molecule has 1 heterocycles. The van der Waals surface area contributed by atoms with Gasteiger partial charge in [-0.25, -0.2) is 9.48 Å². The molecule has 0 saturated carbocycles. The van der Waals surface area contributed by atoms with Crippen LogP contribution in [0.3, 0.4) is 0 Å². The topological polar surface area (TPSA) is 59.0 Å². The van der Waals surface area contributed by atoms with Crippen LogP contribution >= 0.6 is 0 Å². The van der Waals surface area contributed by atoms with Crippen molar-refractivity contribution in [1.82, 2.24) is 20.4 Å². The Labute approximate surface area is 159 Å². The molecule has 3 aromatic rings. The van der Waals surface area contributed by atoms with Gasteiger partial charge in [-0.3, -0.25) is 0 Å². The van der Waals surface area contributed by atoms with Crippen LogP contribution in [0.25, 0.3) is 5.69 Å². The molecule has 2 N–H and O–H groups in total. The lowest BCUT2D eigenvalue weighted by Gasteiger charge is -2.15. The van der Waals surface area contributed by atoms with E-state index in [0.29, 0.717) is 6.54 Å². The average Bonchev–Trinajstić information content (AvgIpc) is 3.22. The Balaban J connectivity index is 1.42.